The van der Waals surface area contributed by atoms with E-state index in [2.05, 4.69) is 16.7 Å². The molecule has 0 saturated heterocycles. The van der Waals surface area contributed by atoms with Gasteiger partial charge in [0.15, 0.2) is 0 Å². The Hall–Kier alpha value is -2.92. The van der Waals surface area contributed by atoms with E-state index in [0.29, 0.717) is 49.1 Å². The third-order valence-electron chi connectivity index (χ3n) is 4.27. The Morgan fingerprint density at radius 3 is 2.61 bits per heavy atom. The van der Waals surface area contributed by atoms with Crippen LogP contribution in [0.4, 0.5) is 0 Å². The molecule has 6 heteroatoms. The van der Waals surface area contributed by atoms with E-state index in [4.69, 9.17) is 16.1 Å². The molecular weight excluding hydrogens is 374 g/mol. The maximum Gasteiger partial charge on any atom is 0.226 e. The van der Waals surface area contributed by atoms with Crippen LogP contribution in [-0.2, 0) is 17.8 Å². The lowest BCUT2D eigenvalue weighted by molar-refractivity contribution is -0.131. The van der Waals surface area contributed by atoms with Crippen LogP contribution in [0.3, 0.4) is 0 Å². The van der Waals surface area contributed by atoms with Crippen LogP contribution in [0.25, 0.3) is 11.4 Å². The molecule has 0 unspecified atom stereocenters. The van der Waals surface area contributed by atoms with Crippen molar-refractivity contribution in [2.75, 3.05) is 6.54 Å². The zero-order valence-electron chi connectivity index (χ0n) is 15.6. The molecule has 144 valence electrons. The topological polar surface area (TPSA) is 59.2 Å². The van der Waals surface area contributed by atoms with E-state index in [9.17, 15) is 4.79 Å². The highest BCUT2D eigenvalue weighted by Crippen LogP contribution is 2.19. The lowest BCUT2D eigenvalue weighted by Gasteiger charge is -2.21. The van der Waals surface area contributed by atoms with Crippen molar-refractivity contribution in [3.63, 3.8) is 0 Å². The molecule has 0 radical (unpaired) electrons. The van der Waals surface area contributed by atoms with Crippen LogP contribution in [-0.4, -0.2) is 27.5 Å². The molecular formula is C22H22ClN3O2. The van der Waals surface area contributed by atoms with Crippen LogP contribution in [0.1, 0.15) is 24.3 Å². The molecule has 28 heavy (non-hydrogen) atoms. The molecule has 1 aromatic heterocycles. The average Bonchev–Trinajstić information content (AvgIpc) is 3.18. The van der Waals surface area contributed by atoms with E-state index < -0.39 is 0 Å². The van der Waals surface area contributed by atoms with Gasteiger partial charge in [-0.3, -0.25) is 4.79 Å². The van der Waals surface area contributed by atoms with Gasteiger partial charge in [0.25, 0.3) is 0 Å². The van der Waals surface area contributed by atoms with Crippen molar-refractivity contribution in [1.82, 2.24) is 15.0 Å². The second kappa shape index (κ2) is 9.85. The Bertz CT molecular complexity index is 907. The maximum absolute atomic E-state index is 12.6. The molecule has 0 aliphatic rings. The number of carbonyl (C=O) groups is 1. The molecule has 0 bridgehead atoms. The summed E-state index contributed by atoms with van der Waals surface area (Å²) in [5.74, 6) is 1.13. The lowest BCUT2D eigenvalue weighted by atomic mass is 10.1. The Kier molecular flexibility index (Phi) is 6.98. The molecule has 0 spiro atoms. The standard InChI is InChI=1S/C22H22ClN3O2/c1-2-15-26(16-17-7-4-3-5-8-17)21(27)10-6-9-20-24-22(25-28-20)18-11-13-19(23)14-12-18/h2-5,7-8,11-14H,1,6,9-10,15-16H2. The van der Waals surface area contributed by atoms with Crippen molar-refractivity contribution in [2.45, 2.75) is 25.8 Å². The van der Waals surface area contributed by atoms with Crippen molar-refractivity contribution >= 4 is 17.5 Å². The molecule has 0 aliphatic carbocycles. The number of aryl methyl sites for hydroxylation is 1. The molecule has 0 N–H and O–H groups in total. The zero-order valence-corrected chi connectivity index (χ0v) is 16.3. The summed E-state index contributed by atoms with van der Waals surface area (Å²) in [6.45, 7) is 4.85. The summed E-state index contributed by atoms with van der Waals surface area (Å²) < 4.78 is 5.30. The number of amides is 1. The smallest absolute Gasteiger partial charge is 0.226 e. The molecule has 1 heterocycles. The van der Waals surface area contributed by atoms with Gasteiger partial charge in [-0.1, -0.05) is 53.2 Å². The number of carbonyl (C=O) groups excluding carboxylic acids is 1. The summed E-state index contributed by atoms with van der Waals surface area (Å²) in [6.07, 6.45) is 3.36. The van der Waals surface area contributed by atoms with Crippen LogP contribution in [0.15, 0.2) is 71.8 Å². The van der Waals surface area contributed by atoms with Crippen LogP contribution in [0.2, 0.25) is 5.02 Å². The van der Waals surface area contributed by atoms with Gasteiger partial charge in [-0.25, -0.2) is 0 Å². The number of aromatic nitrogens is 2. The van der Waals surface area contributed by atoms with Gasteiger partial charge in [0.05, 0.1) is 0 Å². The summed E-state index contributed by atoms with van der Waals surface area (Å²) in [6, 6.07) is 17.2. The molecule has 0 saturated carbocycles. The van der Waals surface area contributed by atoms with Crippen LogP contribution >= 0.6 is 11.6 Å². The summed E-state index contributed by atoms with van der Waals surface area (Å²) in [7, 11) is 0. The lowest BCUT2D eigenvalue weighted by Crippen LogP contribution is -2.30. The highest BCUT2D eigenvalue weighted by Gasteiger charge is 2.14. The normalized spacial score (nSPS) is 10.6. The van der Waals surface area contributed by atoms with E-state index in [-0.39, 0.29) is 5.91 Å². The SMILES string of the molecule is C=CCN(Cc1ccccc1)C(=O)CCCc1nc(-c2ccc(Cl)cc2)no1. The van der Waals surface area contributed by atoms with Gasteiger partial charge >= 0.3 is 0 Å². The fourth-order valence-electron chi connectivity index (χ4n) is 2.84. The zero-order chi connectivity index (χ0) is 19.8. The Balaban J connectivity index is 1.52. The van der Waals surface area contributed by atoms with Crippen LogP contribution in [0, 0.1) is 0 Å². The number of halogens is 1. The second-order valence-corrected chi connectivity index (χ2v) is 6.86. The quantitative estimate of drug-likeness (QED) is 0.482. The van der Waals surface area contributed by atoms with Gasteiger partial charge in [-0.2, -0.15) is 4.98 Å². The van der Waals surface area contributed by atoms with E-state index >= 15 is 0 Å². The van der Waals surface area contributed by atoms with E-state index in [1.165, 1.54) is 0 Å². The van der Waals surface area contributed by atoms with Crippen LogP contribution < -0.4 is 0 Å². The number of benzene rings is 2. The van der Waals surface area contributed by atoms with Gasteiger partial charge in [0, 0.05) is 36.5 Å². The Morgan fingerprint density at radius 1 is 1.14 bits per heavy atom. The first-order chi connectivity index (χ1) is 13.7. The predicted molar refractivity (Wildman–Crippen MR) is 110 cm³/mol. The molecule has 0 atom stereocenters. The van der Waals surface area contributed by atoms with Gasteiger partial charge in [0.2, 0.25) is 17.6 Å². The average molecular weight is 396 g/mol. The number of hydrogen-bond acceptors (Lipinski definition) is 4. The van der Waals surface area contributed by atoms with Gasteiger partial charge in [-0.05, 0) is 36.2 Å². The first-order valence-electron chi connectivity index (χ1n) is 9.17. The third-order valence-corrected chi connectivity index (χ3v) is 4.52. The van der Waals surface area contributed by atoms with Crippen molar-refractivity contribution in [3.05, 3.63) is 83.7 Å². The Labute approximate surface area is 169 Å². The minimum Gasteiger partial charge on any atom is -0.339 e. The number of nitrogens with zero attached hydrogens (tertiary/aromatic N) is 3. The second-order valence-electron chi connectivity index (χ2n) is 6.42. The summed E-state index contributed by atoms with van der Waals surface area (Å²) in [5, 5.41) is 4.65. The maximum atomic E-state index is 12.6. The Morgan fingerprint density at radius 2 is 1.89 bits per heavy atom. The number of hydrogen-bond donors (Lipinski definition) is 0. The number of rotatable bonds is 9. The van der Waals surface area contributed by atoms with Gasteiger partial charge in [-0.15, -0.1) is 6.58 Å². The van der Waals surface area contributed by atoms with Crippen molar-refractivity contribution < 1.29 is 9.32 Å². The minimum atomic E-state index is 0.0844. The summed E-state index contributed by atoms with van der Waals surface area (Å²) in [4.78, 5) is 18.8. The minimum absolute atomic E-state index is 0.0844. The highest BCUT2D eigenvalue weighted by molar-refractivity contribution is 6.30. The molecule has 5 nitrogen and oxygen atoms in total. The molecule has 3 aromatic rings. The summed E-state index contributed by atoms with van der Waals surface area (Å²) in [5.41, 5.74) is 1.94. The first kappa shape index (κ1) is 19.8. The van der Waals surface area contributed by atoms with Crippen molar-refractivity contribution in [1.29, 1.82) is 0 Å². The van der Waals surface area contributed by atoms with E-state index in [1.54, 1.807) is 23.1 Å². The fraction of sp³-hybridized carbons (Fsp3) is 0.227. The van der Waals surface area contributed by atoms with Crippen molar-refractivity contribution in [3.8, 4) is 11.4 Å². The fourth-order valence-corrected chi connectivity index (χ4v) is 2.96. The molecule has 2 aromatic carbocycles. The third kappa shape index (κ3) is 5.54. The highest BCUT2D eigenvalue weighted by atomic mass is 35.5. The first-order valence-corrected chi connectivity index (χ1v) is 9.54. The molecule has 1 amide bonds. The summed E-state index contributed by atoms with van der Waals surface area (Å²) >= 11 is 5.90. The van der Waals surface area contributed by atoms with Gasteiger partial charge < -0.3 is 9.42 Å². The molecule has 0 fully saturated rings. The van der Waals surface area contributed by atoms with Gasteiger partial charge in [0.1, 0.15) is 0 Å². The molecule has 0 aliphatic heterocycles. The largest absolute Gasteiger partial charge is 0.339 e. The molecule has 3 rings (SSSR count). The monoisotopic (exact) mass is 395 g/mol. The van der Waals surface area contributed by atoms with Crippen molar-refractivity contribution in [2.24, 2.45) is 0 Å². The van der Waals surface area contributed by atoms with Crippen LogP contribution in [0.5, 0.6) is 0 Å². The predicted octanol–water partition coefficient (Wildman–Crippen LogP) is 4.93. The van der Waals surface area contributed by atoms with E-state index in [1.807, 2.05) is 42.5 Å². The van der Waals surface area contributed by atoms with E-state index in [0.717, 1.165) is 11.1 Å².